The van der Waals surface area contributed by atoms with Crippen LogP contribution in [0.15, 0.2) is 60.7 Å². The Morgan fingerprint density at radius 2 is 1.11 bits per heavy atom. The molecule has 0 amide bonds. The first-order valence-corrected chi connectivity index (χ1v) is 9.47. The van der Waals surface area contributed by atoms with Gasteiger partial charge in [0.2, 0.25) is 0 Å². The Hall–Kier alpha value is -3.07. The number of hydrogen-bond acceptors (Lipinski definition) is 3. The van der Waals surface area contributed by atoms with E-state index in [1.165, 1.54) is 0 Å². The van der Waals surface area contributed by atoms with E-state index in [2.05, 4.69) is 0 Å². The molecule has 0 unspecified atom stereocenters. The van der Waals surface area contributed by atoms with E-state index in [-0.39, 0.29) is 5.78 Å². The molecule has 0 bridgehead atoms. The highest BCUT2D eigenvalue weighted by molar-refractivity contribution is 5.99. The van der Waals surface area contributed by atoms with Crippen LogP contribution >= 0.6 is 0 Å². The Morgan fingerprint density at radius 3 is 1.57 bits per heavy atom. The number of benzene rings is 3. The first-order chi connectivity index (χ1) is 13.5. The van der Waals surface area contributed by atoms with Crippen molar-refractivity contribution in [3.63, 3.8) is 0 Å². The number of hydrogen-bond donors (Lipinski definition) is 0. The van der Waals surface area contributed by atoms with Gasteiger partial charge >= 0.3 is 0 Å². The van der Waals surface area contributed by atoms with Gasteiger partial charge in [-0.1, -0.05) is 60.7 Å². The van der Waals surface area contributed by atoms with Gasteiger partial charge in [-0.25, -0.2) is 0 Å². The Bertz CT molecular complexity index is 960. The van der Waals surface area contributed by atoms with Crippen LogP contribution in [0.1, 0.15) is 45.1 Å². The smallest absolute Gasteiger partial charge is 0.163 e. The van der Waals surface area contributed by atoms with Crippen LogP contribution in [0.4, 0.5) is 0 Å². The summed E-state index contributed by atoms with van der Waals surface area (Å²) < 4.78 is 12.3. The summed E-state index contributed by atoms with van der Waals surface area (Å²) in [6, 6.07) is 20.0. The fourth-order valence-electron chi connectivity index (χ4n) is 3.37. The molecule has 0 radical (unpaired) electrons. The molecule has 0 spiro atoms. The quantitative estimate of drug-likeness (QED) is 0.478. The van der Waals surface area contributed by atoms with Crippen molar-refractivity contribution < 1.29 is 14.3 Å². The van der Waals surface area contributed by atoms with Crippen LogP contribution < -0.4 is 9.47 Å². The predicted octanol–water partition coefficient (Wildman–Crippen LogP) is 5.97. The molecule has 28 heavy (non-hydrogen) atoms. The molecule has 0 aliphatic carbocycles. The van der Waals surface area contributed by atoms with Crippen LogP contribution in [0, 0.1) is 20.8 Å². The van der Waals surface area contributed by atoms with E-state index in [4.69, 9.17) is 9.47 Å². The van der Waals surface area contributed by atoms with Crippen LogP contribution in [-0.4, -0.2) is 5.78 Å². The summed E-state index contributed by atoms with van der Waals surface area (Å²) in [5.41, 5.74) is 5.52. The fraction of sp³-hybridized carbons (Fsp3) is 0.240. The minimum atomic E-state index is -0.0202. The highest BCUT2D eigenvalue weighted by Gasteiger charge is 2.22. The van der Waals surface area contributed by atoms with E-state index in [1.807, 2.05) is 81.4 Å². The summed E-state index contributed by atoms with van der Waals surface area (Å²) in [7, 11) is 0. The maximum Gasteiger partial charge on any atom is 0.163 e. The van der Waals surface area contributed by atoms with Gasteiger partial charge in [0.15, 0.2) is 5.78 Å². The molecule has 3 aromatic carbocycles. The Kier molecular flexibility index (Phi) is 6.15. The van der Waals surface area contributed by atoms with Crippen molar-refractivity contribution in [2.24, 2.45) is 0 Å². The molecule has 0 saturated carbocycles. The van der Waals surface area contributed by atoms with Crippen molar-refractivity contribution in [1.82, 2.24) is 0 Å². The third-order valence-electron chi connectivity index (χ3n) is 4.99. The molecule has 0 heterocycles. The molecule has 0 fully saturated rings. The lowest BCUT2D eigenvalue weighted by Crippen LogP contribution is -2.10. The minimum absolute atomic E-state index is 0.0202. The largest absolute Gasteiger partial charge is 0.488 e. The fourth-order valence-corrected chi connectivity index (χ4v) is 3.37. The molecule has 0 atom stereocenters. The molecule has 3 aromatic rings. The summed E-state index contributed by atoms with van der Waals surface area (Å²) in [5, 5.41) is 0. The van der Waals surface area contributed by atoms with Gasteiger partial charge in [0.05, 0.1) is 5.56 Å². The van der Waals surface area contributed by atoms with E-state index in [0.717, 1.165) is 33.6 Å². The van der Waals surface area contributed by atoms with Crippen molar-refractivity contribution in [2.45, 2.75) is 40.9 Å². The molecule has 3 nitrogen and oxygen atoms in total. The highest BCUT2D eigenvalue weighted by atomic mass is 16.5. The zero-order chi connectivity index (χ0) is 20.1. The monoisotopic (exact) mass is 374 g/mol. The number of carbonyl (C=O) groups is 1. The van der Waals surface area contributed by atoms with Crippen LogP contribution in [0.3, 0.4) is 0 Å². The van der Waals surface area contributed by atoms with Gasteiger partial charge in [-0.2, -0.15) is 0 Å². The van der Waals surface area contributed by atoms with Crippen LogP contribution in [0.2, 0.25) is 0 Å². The van der Waals surface area contributed by atoms with Gasteiger partial charge in [-0.15, -0.1) is 0 Å². The first kappa shape index (κ1) is 19.7. The Balaban J connectivity index is 1.93. The van der Waals surface area contributed by atoms with E-state index in [9.17, 15) is 4.79 Å². The lowest BCUT2D eigenvalue weighted by Gasteiger charge is -2.21. The maximum absolute atomic E-state index is 12.5. The predicted molar refractivity (Wildman–Crippen MR) is 112 cm³/mol. The number of Topliss-reactive ketones (excluding diaryl/α,β-unsaturated/α-hetero) is 1. The molecule has 0 aliphatic heterocycles. The van der Waals surface area contributed by atoms with Crippen LogP contribution in [0.25, 0.3) is 0 Å². The number of carbonyl (C=O) groups excluding carboxylic acids is 1. The van der Waals surface area contributed by atoms with Crippen molar-refractivity contribution >= 4 is 5.78 Å². The molecule has 0 aromatic heterocycles. The topological polar surface area (TPSA) is 35.5 Å². The van der Waals surface area contributed by atoms with Crippen LogP contribution in [0.5, 0.6) is 11.5 Å². The van der Waals surface area contributed by atoms with Gasteiger partial charge in [-0.3, -0.25) is 4.79 Å². The van der Waals surface area contributed by atoms with Gasteiger partial charge in [0.1, 0.15) is 24.7 Å². The molecule has 0 saturated heterocycles. The molecule has 3 rings (SSSR count). The van der Waals surface area contributed by atoms with Gasteiger partial charge in [0.25, 0.3) is 0 Å². The number of rotatable bonds is 7. The van der Waals surface area contributed by atoms with Gasteiger partial charge < -0.3 is 9.47 Å². The molecule has 3 heteroatoms. The lowest BCUT2D eigenvalue weighted by atomic mass is 9.95. The van der Waals surface area contributed by atoms with Gasteiger partial charge in [0, 0.05) is 5.56 Å². The molecule has 0 aliphatic rings. The maximum atomic E-state index is 12.5. The number of ether oxygens (including phenoxy) is 2. The van der Waals surface area contributed by atoms with Crippen molar-refractivity contribution in [3.05, 3.63) is 94.0 Å². The van der Waals surface area contributed by atoms with E-state index < -0.39 is 0 Å². The normalized spacial score (nSPS) is 10.6. The van der Waals surface area contributed by atoms with Crippen molar-refractivity contribution in [2.75, 3.05) is 0 Å². The first-order valence-electron chi connectivity index (χ1n) is 9.47. The minimum Gasteiger partial charge on any atom is -0.488 e. The molecular formula is C25H26O3. The standard InChI is InChI=1S/C25H26O3/c1-17-18(2)25(28-16-22-13-9-6-10-14-22)23(20(4)26)19(3)24(17)27-15-21-11-7-5-8-12-21/h5-14H,15-16H2,1-4H3. The highest BCUT2D eigenvalue weighted by Crippen LogP contribution is 2.38. The third-order valence-corrected chi connectivity index (χ3v) is 4.99. The number of ketones is 1. The Morgan fingerprint density at radius 1 is 0.679 bits per heavy atom. The van der Waals surface area contributed by atoms with Gasteiger partial charge in [-0.05, 0) is 49.9 Å². The van der Waals surface area contributed by atoms with Crippen molar-refractivity contribution in [1.29, 1.82) is 0 Å². The van der Waals surface area contributed by atoms with E-state index in [0.29, 0.717) is 24.5 Å². The second-order valence-corrected chi connectivity index (χ2v) is 7.01. The second-order valence-electron chi connectivity index (χ2n) is 7.01. The summed E-state index contributed by atoms with van der Waals surface area (Å²) in [6.07, 6.45) is 0. The van der Waals surface area contributed by atoms with E-state index in [1.54, 1.807) is 6.92 Å². The zero-order valence-corrected chi connectivity index (χ0v) is 16.9. The average molecular weight is 374 g/mol. The average Bonchev–Trinajstić information content (AvgIpc) is 2.70. The lowest BCUT2D eigenvalue weighted by molar-refractivity contribution is 0.101. The SMILES string of the molecule is CC(=O)c1c(C)c(OCc2ccccc2)c(C)c(C)c1OCc1ccccc1. The van der Waals surface area contributed by atoms with Crippen molar-refractivity contribution in [3.8, 4) is 11.5 Å². The van der Waals surface area contributed by atoms with Crippen LogP contribution in [-0.2, 0) is 13.2 Å². The summed E-state index contributed by atoms with van der Waals surface area (Å²) in [6.45, 7) is 8.39. The molecule has 144 valence electrons. The second kappa shape index (κ2) is 8.75. The summed E-state index contributed by atoms with van der Waals surface area (Å²) in [5.74, 6) is 1.39. The summed E-state index contributed by atoms with van der Waals surface area (Å²) in [4.78, 5) is 12.5. The van der Waals surface area contributed by atoms with E-state index >= 15 is 0 Å². The zero-order valence-electron chi connectivity index (χ0n) is 16.9. The Labute approximate surface area is 166 Å². The molecule has 0 N–H and O–H groups in total. The summed E-state index contributed by atoms with van der Waals surface area (Å²) >= 11 is 0. The third kappa shape index (κ3) is 4.25. The molecular weight excluding hydrogens is 348 g/mol.